The molecule has 0 bridgehead atoms. The Morgan fingerprint density at radius 1 is 1.57 bits per heavy atom. The van der Waals surface area contributed by atoms with Gasteiger partial charge in [-0.2, -0.15) is 0 Å². The van der Waals surface area contributed by atoms with Gasteiger partial charge in [0.25, 0.3) is 0 Å². The quantitative estimate of drug-likeness (QED) is 0.847. The van der Waals surface area contributed by atoms with Crippen LogP contribution in [0.25, 0.3) is 0 Å². The van der Waals surface area contributed by atoms with Crippen LogP contribution in [0.1, 0.15) is 19.4 Å². The van der Waals surface area contributed by atoms with E-state index in [0.29, 0.717) is 6.42 Å². The highest BCUT2D eigenvalue weighted by Gasteiger charge is 2.27. The molecule has 0 spiro atoms. The van der Waals surface area contributed by atoms with Gasteiger partial charge in [0, 0.05) is 6.20 Å². The van der Waals surface area contributed by atoms with Crippen LogP contribution in [0.5, 0.6) is 0 Å². The van der Waals surface area contributed by atoms with E-state index < -0.39 is 11.4 Å². The number of aliphatic carboxylic acids is 1. The maximum Gasteiger partial charge on any atom is 0.309 e. The highest BCUT2D eigenvalue weighted by Crippen LogP contribution is 2.22. The molecule has 0 aliphatic rings. The van der Waals surface area contributed by atoms with E-state index in [4.69, 9.17) is 5.11 Å². The minimum Gasteiger partial charge on any atom is -0.481 e. The minimum atomic E-state index is -0.791. The van der Waals surface area contributed by atoms with Crippen molar-refractivity contribution in [3.63, 3.8) is 0 Å². The predicted molar refractivity (Wildman–Crippen MR) is 57.1 cm³/mol. The van der Waals surface area contributed by atoms with Crippen molar-refractivity contribution < 1.29 is 9.90 Å². The van der Waals surface area contributed by atoms with E-state index in [9.17, 15) is 4.79 Å². The Morgan fingerprint density at radius 3 is 2.64 bits per heavy atom. The van der Waals surface area contributed by atoms with Gasteiger partial charge in [0.1, 0.15) is 4.60 Å². The summed E-state index contributed by atoms with van der Waals surface area (Å²) in [7, 11) is 0. The fourth-order valence-corrected chi connectivity index (χ4v) is 1.33. The first kappa shape index (κ1) is 11.2. The molecule has 1 N–H and O–H groups in total. The van der Waals surface area contributed by atoms with Crippen molar-refractivity contribution in [2.24, 2.45) is 5.41 Å². The van der Waals surface area contributed by atoms with E-state index in [0.717, 1.165) is 10.2 Å². The number of halogens is 1. The summed E-state index contributed by atoms with van der Waals surface area (Å²) in [5, 5.41) is 8.93. The molecule has 14 heavy (non-hydrogen) atoms. The Balaban J connectivity index is 2.79. The molecule has 0 saturated heterocycles. The summed E-state index contributed by atoms with van der Waals surface area (Å²) in [4.78, 5) is 14.9. The second kappa shape index (κ2) is 4.09. The van der Waals surface area contributed by atoms with E-state index in [1.807, 2.05) is 12.1 Å². The Labute approximate surface area is 91.3 Å². The van der Waals surface area contributed by atoms with Gasteiger partial charge < -0.3 is 5.11 Å². The number of nitrogens with zero attached hydrogens (tertiary/aromatic N) is 1. The van der Waals surface area contributed by atoms with Crippen LogP contribution >= 0.6 is 15.9 Å². The summed E-state index contributed by atoms with van der Waals surface area (Å²) >= 11 is 3.23. The Morgan fingerprint density at radius 2 is 2.21 bits per heavy atom. The topological polar surface area (TPSA) is 50.2 Å². The number of aromatic nitrogens is 1. The molecule has 76 valence electrons. The molecule has 0 aliphatic carbocycles. The van der Waals surface area contributed by atoms with Crippen molar-refractivity contribution in [1.82, 2.24) is 4.98 Å². The third-order valence-corrected chi connectivity index (χ3v) is 2.48. The number of hydrogen-bond donors (Lipinski definition) is 1. The van der Waals surface area contributed by atoms with Crippen molar-refractivity contribution in [2.45, 2.75) is 20.3 Å². The molecular weight excluding hydrogens is 246 g/mol. The molecule has 0 amide bonds. The van der Waals surface area contributed by atoms with Gasteiger partial charge in [-0.25, -0.2) is 4.98 Å². The first-order valence-corrected chi connectivity index (χ1v) is 5.05. The monoisotopic (exact) mass is 257 g/mol. The average molecular weight is 258 g/mol. The zero-order valence-electron chi connectivity index (χ0n) is 8.12. The molecule has 0 saturated carbocycles. The molecule has 0 unspecified atom stereocenters. The average Bonchev–Trinajstić information content (AvgIpc) is 2.08. The van der Waals surface area contributed by atoms with Crippen molar-refractivity contribution in [1.29, 1.82) is 0 Å². The molecule has 1 aromatic heterocycles. The first-order chi connectivity index (χ1) is 6.42. The standard InChI is InChI=1S/C10H12BrNO2/c1-10(2,9(13)14)5-7-3-4-8(11)12-6-7/h3-4,6H,5H2,1-2H3,(H,13,14). The zero-order chi connectivity index (χ0) is 10.8. The van der Waals surface area contributed by atoms with Crippen LogP contribution in [0.4, 0.5) is 0 Å². The van der Waals surface area contributed by atoms with Crippen molar-refractivity contribution in [2.75, 3.05) is 0 Å². The number of carboxylic acids is 1. The maximum atomic E-state index is 10.9. The fraction of sp³-hybridized carbons (Fsp3) is 0.400. The SMILES string of the molecule is CC(C)(Cc1ccc(Br)nc1)C(=O)O. The summed E-state index contributed by atoms with van der Waals surface area (Å²) in [5.74, 6) is -0.791. The number of rotatable bonds is 3. The number of pyridine rings is 1. The second-order valence-electron chi connectivity index (χ2n) is 3.85. The highest BCUT2D eigenvalue weighted by atomic mass is 79.9. The number of hydrogen-bond acceptors (Lipinski definition) is 2. The molecule has 0 atom stereocenters. The lowest BCUT2D eigenvalue weighted by molar-refractivity contribution is -0.146. The zero-order valence-corrected chi connectivity index (χ0v) is 9.71. The summed E-state index contributed by atoms with van der Waals surface area (Å²) < 4.78 is 0.759. The third-order valence-electron chi connectivity index (χ3n) is 2.01. The lowest BCUT2D eigenvalue weighted by Gasteiger charge is -2.18. The van der Waals surface area contributed by atoms with Crippen molar-refractivity contribution >= 4 is 21.9 Å². The number of carboxylic acid groups (broad SMARTS) is 1. The van der Waals surface area contributed by atoms with Crippen LogP contribution in [0, 0.1) is 5.41 Å². The van der Waals surface area contributed by atoms with Gasteiger partial charge in [-0.1, -0.05) is 6.07 Å². The summed E-state index contributed by atoms with van der Waals surface area (Å²) in [5.41, 5.74) is 0.191. The van der Waals surface area contributed by atoms with E-state index in [1.54, 1.807) is 20.0 Å². The lowest BCUT2D eigenvalue weighted by Crippen LogP contribution is -2.26. The second-order valence-corrected chi connectivity index (χ2v) is 4.67. The smallest absolute Gasteiger partial charge is 0.309 e. The molecule has 4 heteroatoms. The Kier molecular flexibility index (Phi) is 3.26. The maximum absolute atomic E-state index is 10.9. The minimum absolute atomic E-state index is 0.489. The van der Waals surface area contributed by atoms with Gasteiger partial charge in [-0.15, -0.1) is 0 Å². The van der Waals surface area contributed by atoms with E-state index in [1.165, 1.54) is 0 Å². The van der Waals surface area contributed by atoms with Crippen LogP contribution in [-0.4, -0.2) is 16.1 Å². The first-order valence-electron chi connectivity index (χ1n) is 4.25. The molecule has 0 radical (unpaired) electrons. The van der Waals surface area contributed by atoms with Crippen LogP contribution in [0.2, 0.25) is 0 Å². The largest absolute Gasteiger partial charge is 0.481 e. The molecule has 3 nitrogen and oxygen atoms in total. The molecule has 0 aromatic carbocycles. The van der Waals surface area contributed by atoms with E-state index in [2.05, 4.69) is 20.9 Å². The highest BCUT2D eigenvalue weighted by molar-refractivity contribution is 9.10. The lowest BCUT2D eigenvalue weighted by atomic mass is 9.86. The van der Waals surface area contributed by atoms with Crippen LogP contribution in [-0.2, 0) is 11.2 Å². The van der Waals surface area contributed by atoms with E-state index >= 15 is 0 Å². The van der Waals surface area contributed by atoms with Crippen molar-refractivity contribution in [3.8, 4) is 0 Å². The van der Waals surface area contributed by atoms with Crippen molar-refractivity contribution in [3.05, 3.63) is 28.5 Å². The molecule has 0 aliphatic heterocycles. The van der Waals surface area contributed by atoms with Gasteiger partial charge in [-0.05, 0) is 47.8 Å². The molecule has 1 rings (SSSR count). The van der Waals surface area contributed by atoms with Crippen LogP contribution in [0.3, 0.4) is 0 Å². The van der Waals surface area contributed by atoms with Gasteiger partial charge in [-0.3, -0.25) is 4.79 Å². The molecule has 1 aromatic rings. The van der Waals surface area contributed by atoms with E-state index in [-0.39, 0.29) is 0 Å². The normalized spacial score (nSPS) is 11.4. The third kappa shape index (κ3) is 2.80. The summed E-state index contributed by atoms with van der Waals surface area (Å²) in [6.07, 6.45) is 2.18. The predicted octanol–water partition coefficient (Wildman–Crippen LogP) is 2.50. The van der Waals surface area contributed by atoms with Crippen LogP contribution < -0.4 is 0 Å². The Hall–Kier alpha value is -0.900. The fourth-order valence-electron chi connectivity index (χ4n) is 1.10. The summed E-state index contributed by atoms with van der Waals surface area (Å²) in [6.45, 7) is 3.41. The number of carbonyl (C=O) groups is 1. The van der Waals surface area contributed by atoms with Gasteiger partial charge >= 0.3 is 5.97 Å². The van der Waals surface area contributed by atoms with Gasteiger partial charge in [0.2, 0.25) is 0 Å². The van der Waals surface area contributed by atoms with Gasteiger partial charge in [0.15, 0.2) is 0 Å². The molecular formula is C10H12BrNO2. The van der Waals surface area contributed by atoms with Gasteiger partial charge in [0.05, 0.1) is 5.41 Å². The van der Waals surface area contributed by atoms with Crippen LogP contribution in [0.15, 0.2) is 22.9 Å². The Bertz CT molecular complexity index is 332. The molecule has 0 fully saturated rings. The summed E-state index contributed by atoms with van der Waals surface area (Å²) in [6, 6.07) is 3.69. The molecule has 1 heterocycles.